The summed E-state index contributed by atoms with van der Waals surface area (Å²) < 4.78 is 5.17. The van der Waals surface area contributed by atoms with Crippen molar-refractivity contribution in [1.82, 2.24) is 0 Å². The summed E-state index contributed by atoms with van der Waals surface area (Å²) in [4.78, 5) is 21.8. The average Bonchev–Trinajstić information content (AvgIpc) is 2.05. The van der Waals surface area contributed by atoms with E-state index in [2.05, 4.69) is 0 Å². The number of ether oxygens (including phenoxy) is 1. The SMILES string of the molecule is CC(=O)CCCCC(=O)OC1CCC1. The lowest BCUT2D eigenvalue weighted by Gasteiger charge is -2.25. The molecule has 1 aliphatic rings. The topological polar surface area (TPSA) is 43.4 Å². The molecule has 3 heteroatoms. The van der Waals surface area contributed by atoms with Crippen LogP contribution in [0.4, 0.5) is 0 Å². The van der Waals surface area contributed by atoms with Gasteiger partial charge in [-0.1, -0.05) is 0 Å². The first-order valence-electron chi connectivity index (χ1n) is 5.37. The molecular weight excluding hydrogens is 180 g/mol. The van der Waals surface area contributed by atoms with E-state index in [-0.39, 0.29) is 17.9 Å². The second kappa shape index (κ2) is 5.78. The molecule has 14 heavy (non-hydrogen) atoms. The van der Waals surface area contributed by atoms with Gasteiger partial charge in [0.15, 0.2) is 0 Å². The Morgan fingerprint density at radius 1 is 1.21 bits per heavy atom. The molecule has 0 aliphatic heterocycles. The molecule has 0 aromatic rings. The van der Waals surface area contributed by atoms with Crippen LogP contribution in [-0.4, -0.2) is 17.9 Å². The van der Waals surface area contributed by atoms with E-state index >= 15 is 0 Å². The largest absolute Gasteiger partial charge is 0.462 e. The molecular formula is C11H18O3. The van der Waals surface area contributed by atoms with Crippen molar-refractivity contribution in [3.05, 3.63) is 0 Å². The van der Waals surface area contributed by atoms with Crippen LogP contribution in [0.1, 0.15) is 51.9 Å². The Balaban J connectivity index is 1.94. The zero-order valence-corrected chi connectivity index (χ0v) is 8.75. The molecule has 3 nitrogen and oxygen atoms in total. The summed E-state index contributed by atoms with van der Waals surface area (Å²) in [5.74, 6) is 0.0932. The molecule has 0 saturated heterocycles. The number of ketones is 1. The number of esters is 1. The van der Waals surface area contributed by atoms with Crippen molar-refractivity contribution in [1.29, 1.82) is 0 Å². The summed E-state index contributed by atoms with van der Waals surface area (Å²) in [6.07, 6.45) is 6.04. The molecule has 80 valence electrons. The average molecular weight is 198 g/mol. The van der Waals surface area contributed by atoms with Crippen molar-refractivity contribution in [2.75, 3.05) is 0 Å². The van der Waals surface area contributed by atoms with Gasteiger partial charge in [0.2, 0.25) is 0 Å². The number of rotatable bonds is 6. The number of carbonyl (C=O) groups is 2. The van der Waals surface area contributed by atoms with Gasteiger partial charge < -0.3 is 9.53 Å². The highest BCUT2D eigenvalue weighted by Crippen LogP contribution is 2.22. The number of hydrogen-bond acceptors (Lipinski definition) is 3. The van der Waals surface area contributed by atoms with Crippen LogP contribution in [-0.2, 0) is 14.3 Å². The van der Waals surface area contributed by atoms with Crippen LogP contribution in [0.25, 0.3) is 0 Å². The Labute approximate surface area is 84.8 Å². The lowest BCUT2D eigenvalue weighted by Crippen LogP contribution is -2.24. The van der Waals surface area contributed by atoms with Gasteiger partial charge in [0.25, 0.3) is 0 Å². The highest BCUT2D eigenvalue weighted by Gasteiger charge is 2.21. The van der Waals surface area contributed by atoms with Crippen molar-refractivity contribution in [3.63, 3.8) is 0 Å². The zero-order chi connectivity index (χ0) is 10.4. The normalized spacial score (nSPS) is 16.1. The third kappa shape index (κ3) is 4.40. The van der Waals surface area contributed by atoms with Gasteiger partial charge in [-0.15, -0.1) is 0 Å². The van der Waals surface area contributed by atoms with Gasteiger partial charge in [0.05, 0.1) is 0 Å². The smallest absolute Gasteiger partial charge is 0.306 e. The first kappa shape index (κ1) is 11.2. The Morgan fingerprint density at radius 2 is 1.86 bits per heavy atom. The van der Waals surface area contributed by atoms with E-state index in [0.29, 0.717) is 12.8 Å². The number of Topliss-reactive ketones (excluding diaryl/α,β-unsaturated/α-hetero) is 1. The minimum atomic E-state index is -0.0988. The highest BCUT2D eigenvalue weighted by molar-refractivity contribution is 5.75. The second-order valence-electron chi connectivity index (χ2n) is 3.95. The number of hydrogen-bond donors (Lipinski definition) is 0. The molecule has 0 radical (unpaired) electrons. The number of unbranched alkanes of at least 4 members (excludes halogenated alkanes) is 1. The summed E-state index contributed by atoms with van der Waals surface area (Å²) >= 11 is 0. The fraction of sp³-hybridized carbons (Fsp3) is 0.818. The molecule has 0 N–H and O–H groups in total. The summed E-state index contributed by atoms with van der Waals surface area (Å²) in [5, 5.41) is 0. The first-order chi connectivity index (χ1) is 6.68. The lowest BCUT2D eigenvalue weighted by molar-refractivity contribution is -0.153. The molecule has 0 atom stereocenters. The fourth-order valence-electron chi connectivity index (χ4n) is 1.38. The maximum Gasteiger partial charge on any atom is 0.306 e. The van der Waals surface area contributed by atoms with Crippen LogP contribution < -0.4 is 0 Å². The van der Waals surface area contributed by atoms with Crippen LogP contribution in [0, 0.1) is 0 Å². The van der Waals surface area contributed by atoms with Gasteiger partial charge in [-0.2, -0.15) is 0 Å². The predicted molar refractivity (Wildman–Crippen MR) is 52.9 cm³/mol. The first-order valence-corrected chi connectivity index (χ1v) is 5.37. The molecule has 0 bridgehead atoms. The lowest BCUT2D eigenvalue weighted by atomic mass is 9.96. The fourth-order valence-corrected chi connectivity index (χ4v) is 1.38. The Hall–Kier alpha value is -0.860. The molecule has 0 heterocycles. The van der Waals surface area contributed by atoms with Crippen molar-refractivity contribution >= 4 is 11.8 Å². The van der Waals surface area contributed by atoms with E-state index < -0.39 is 0 Å². The second-order valence-corrected chi connectivity index (χ2v) is 3.95. The molecule has 0 aromatic heterocycles. The predicted octanol–water partition coefficient (Wildman–Crippen LogP) is 2.23. The molecule has 0 amide bonds. The van der Waals surface area contributed by atoms with E-state index in [9.17, 15) is 9.59 Å². The highest BCUT2D eigenvalue weighted by atomic mass is 16.5. The maximum absolute atomic E-state index is 11.2. The van der Waals surface area contributed by atoms with Crippen molar-refractivity contribution in [2.45, 2.75) is 58.0 Å². The molecule has 0 aromatic carbocycles. The maximum atomic E-state index is 11.2. The Bertz CT molecular complexity index is 207. The zero-order valence-electron chi connectivity index (χ0n) is 8.75. The van der Waals surface area contributed by atoms with E-state index in [1.807, 2.05) is 0 Å². The van der Waals surface area contributed by atoms with E-state index in [1.54, 1.807) is 6.92 Å². The van der Waals surface area contributed by atoms with Crippen LogP contribution >= 0.6 is 0 Å². The summed E-state index contributed by atoms with van der Waals surface area (Å²) in [6.45, 7) is 1.58. The molecule has 1 aliphatic carbocycles. The van der Waals surface area contributed by atoms with Gasteiger partial charge in [-0.3, -0.25) is 4.79 Å². The van der Waals surface area contributed by atoms with Gasteiger partial charge in [-0.25, -0.2) is 0 Å². The van der Waals surface area contributed by atoms with Crippen LogP contribution in [0.15, 0.2) is 0 Å². The molecule has 1 saturated carbocycles. The van der Waals surface area contributed by atoms with E-state index in [4.69, 9.17) is 4.74 Å². The van der Waals surface area contributed by atoms with Gasteiger partial charge in [0, 0.05) is 12.8 Å². The minimum absolute atomic E-state index is 0.0988. The third-order valence-electron chi connectivity index (χ3n) is 2.51. The van der Waals surface area contributed by atoms with Gasteiger partial charge >= 0.3 is 5.97 Å². The summed E-state index contributed by atoms with van der Waals surface area (Å²) in [5.41, 5.74) is 0. The van der Waals surface area contributed by atoms with Crippen LogP contribution in [0.3, 0.4) is 0 Å². The van der Waals surface area contributed by atoms with E-state index in [0.717, 1.165) is 25.7 Å². The van der Waals surface area contributed by atoms with Crippen molar-refractivity contribution in [2.24, 2.45) is 0 Å². The monoisotopic (exact) mass is 198 g/mol. The van der Waals surface area contributed by atoms with Gasteiger partial charge in [-0.05, 0) is 39.0 Å². The third-order valence-corrected chi connectivity index (χ3v) is 2.51. The minimum Gasteiger partial charge on any atom is -0.462 e. The molecule has 1 fully saturated rings. The quantitative estimate of drug-likeness (QED) is 0.485. The standard InChI is InChI=1S/C11H18O3/c1-9(12)5-2-3-8-11(13)14-10-6-4-7-10/h10H,2-8H2,1H3. The van der Waals surface area contributed by atoms with Crippen LogP contribution in [0.5, 0.6) is 0 Å². The number of carbonyl (C=O) groups excluding carboxylic acids is 2. The Kier molecular flexibility index (Phi) is 4.63. The van der Waals surface area contributed by atoms with Crippen LogP contribution in [0.2, 0.25) is 0 Å². The van der Waals surface area contributed by atoms with Crippen molar-refractivity contribution in [3.8, 4) is 0 Å². The molecule has 1 rings (SSSR count). The van der Waals surface area contributed by atoms with E-state index in [1.165, 1.54) is 6.42 Å². The molecule has 0 spiro atoms. The summed E-state index contributed by atoms with van der Waals surface area (Å²) in [7, 11) is 0. The van der Waals surface area contributed by atoms with Gasteiger partial charge in [0.1, 0.15) is 11.9 Å². The molecule has 0 unspecified atom stereocenters. The Morgan fingerprint density at radius 3 is 2.36 bits per heavy atom. The summed E-state index contributed by atoms with van der Waals surface area (Å²) in [6, 6.07) is 0. The van der Waals surface area contributed by atoms with Crippen molar-refractivity contribution < 1.29 is 14.3 Å².